The van der Waals surface area contributed by atoms with Gasteiger partial charge in [-0.05, 0) is 73.6 Å². The van der Waals surface area contributed by atoms with Crippen molar-refractivity contribution >= 4 is 46.2 Å². The van der Waals surface area contributed by atoms with Gasteiger partial charge in [0, 0.05) is 126 Å². The summed E-state index contributed by atoms with van der Waals surface area (Å²) in [7, 11) is 3.44. The van der Waals surface area contributed by atoms with Crippen LogP contribution in [0.15, 0.2) is 47.5 Å². The zero-order valence-electron chi connectivity index (χ0n) is 38.7. The van der Waals surface area contributed by atoms with Crippen molar-refractivity contribution in [3.63, 3.8) is 0 Å². The van der Waals surface area contributed by atoms with Crippen LogP contribution in [0.3, 0.4) is 0 Å². The summed E-state index contributed by atoms with van der Waals surface area (Å²) in [5, 5.41) is 11.9. The lowest BCUT2D eigenvalue weighted by atomic mass is 9.92. The van der Waals surface area contributed by atoms with Gasteiger partial charge in [-0.15, -0.1) is 0 Å². The summed E-state index contributed by atoms with van der Waals surface area (Å²) in [6, 6.07) is 8.32. The van der Waals surface area contributed by atoms with Crippen LogP contribution in [0.2, 0.25) is 0 Å². The standard InChI is InChI=1S/C49H56F2N12O5/c1-31(64)60-19-14-39-38(29-60)47(61-16-5-7-33-25-36(34-27-52-55(2)28-34)37(46(50)51)26-42(33)61)54-63(39)35-12-17-59(18-13-35)45(66)30-58-22-20-57(21-23-58)15-4-6-32-8-9-40-43(24-32)56(3)49(68)62(40)41-10-11-44(65)53-48(41)67/h8-9,24-28,35,41,46H,5,7,10-23,29-30H2,1-3H3,(H,53,65,67). The van der Waals surface area contributed by atoms with Crippen LogP contribution >= 0.6 is 0 Å². The van der Waals surface area contributed by atoms with Crippen LogP contribution in [-0.2, 0) is 52.7 Å². The molecule has 3 aromatic heterocycles. The molecule has 0 saturated carbocycles. The smallest absolute Gasteiger partial charge is 0.329 e. The van der Waals surface area contributed by atoms with Gasteiger partial charge in [0.05, 0.1) is 42.9 Å². The molecule has 2 aromatic carbocycles. The van der Waals surface area contributed by atoms with Crippen LogP contribution in [0.1, 0.15) is 85.5 Å². The van der Waals surface area contributed by atoms with Crippen molar-refractivity contribution in [1.29, 1.82) is 0 Å². The Labute approximate surface area is 392 Å². The summed E-state index contributed by atoms with van der Waals surface area (Å²) < 4.78 is 36.2. The maximum absolute atomic E-state index is 14.7. The molecule has 3 saturated heterocycles. The molecule has 5 aliphatic rings. The van der Waals surface area contributed by atoms with Crippen molar-refractivity contribution in [2.45, 2.75) is 76.9 Å². The van der Waals surface area contributed by atoms with Crippen molar-refractivity contribution in [2.24, 2.45) is 14.1 Å². The summed E-state index contributed by atoms with van der Waals surface area (Å²) in [5.41, 5.74) is 6.56. The maximum atomic E-state index is 14.7. The number of aryl methyl sites for hydroxylation is 3. The van der Waals surface area contributed by atoms with Gasteiger partial charge in [0.15, 0.2) is 5.82 Å². The highest BCUT2D eigenvalue weighted by atomic mass is 19.3. The molecule has 1 atom stereocenters. The highest BCUT2D eigenvalue weighted by Crippen LogP contribution is 2.44. The number of anilines is 2. The van der Waals surface area contributed by atoms with Crippen molar-refractivity contribution in [3.8, 4) is 23.0 Å². The number of likely N-dealkylation sites (tertiary alicyclic amines) is 1. The number of fused-ring (bicyclic) bond motifs is 3. The number of rotatable bonds is 8. The number of hydrogen-bond donors (Lipinski definition) is 1. The molecule has 1 unspecified atom stereocenters. The van der Waals surface area contributed by atoms with Gasteiger partial charge in [0.25, 0.3) is 6.43 Å². The number of nitrogens with zero attached hydrogens (tertiary/aromatic N) is 11. The van der Waals surface area contributed by atoms with E-state index in [-0.39, 0.29) is 47.9 Å². The van der Waals surface area contributed by atoms with Gasteiger partial charge in [-0.2, -0.15) is 10.2 Å². The number of halogens is 2. The van der Waals surface area contributed by atoms with E-state index in [0.717, 1.165) is 85.8 Å². The third-order valence-corrected chi connectivity index (χ3v) is 14.5. The van der Waals surface area contributed by atoms with Crippen LogP contribution < -0.4 is 15.9 Å². The zero-order chi connectivity index (χ0) is 47.4. The lowest BCUT2D eigenvalue weighted by molar-refractivity contribution is -0.136. The number of carbonyl (C=O) groups is 4. The highest BCUT2D eigenvalue weighted by Gasteiger charge is 2.36. The van der Waals surface area contributed by atoms with Crippen LogP contribution in [-0.4, -0.2) is 137 Å². The third kappa shape index (κ3) is 8.59. The van der Waals surface area contributed by atoms with E-state index < -0.39 is 18.4 Å². The van der Waals surface area contributed by atoms with Crippen molar-refractivity contribution < 1.29 is 28.0 Å². The molecule has 3 fully saturated rings. The second kappa shape index (κ2) is 18.4. The van der Waals surface area contributed by atoms with Gasteiger partial charge in [0.2, 0.25) is 23.6 Å². The number of aromatic nitrogens is 6. The topological polar surface area (TPSA) is 159 Å². The van der Waals surface area contributed by atoms with E-state index in [1.807, 2.05) is 28.0 Å². The molecular formula is C49H56F2N12O5. The Hall–Kier alpha value is -6.65. The molecule has 356 valence electrons. The Balaban J connectivity index is 0.763. The molecule has 19 heteroatoms. The first-order valence-corrected chi connectivity index (χ1v) is 23.6. The SMILES string of the molecule is CC(=O)N1CCc2c(c(N3CCCc4cc(-c5cnn(C)c5)c(C(F)F)cc43)nn2C2CCN(C(=O)CN3CCN(CC#Cc4ccc5c(c4)n(C)c(=O)n5C4CCC(=O)NC4=O)CC3)CC2)C1. The number of piperidine rings is 2. The number of imide groups is 1. The number of hydrogen-bond acceptors (Lipinski definition) is 10. The normalized spacial score (nSPS) is 19.6. The van der Waals surface area contributed by atoms with Gasteiger partial charge in [-0.1, -0.05) is 11.8 Å². The van der Waals surface area contributed by atoms with E-state index in [1.54, 1.807) is 50.2 Å². The molecule has 0 aliphatic carbocycles. The molecule has 5 aromatic rings. The van der Waals surface area contributed by atoms with Crippen molar-refractivity contribution in [3.05, 3.63) is 81.2 Å². The summed E-state index contributed by atoms with van der Waals surface area (Å²) in [4.78, 5) is 74.1. The second-order valence-corrected chi connectivity index (χ2v) is 18.8. The lowest BCUT2D eigenvalue weighted by Gasteiger charge is -2.37. The van der Waals surface area contributed by atoms with Crippen LogP contribution in [0.5, 0.6) is 0 Å². The molecule has 4 amide bonds. The first kappa shape index (κ1) is 45.1. The van der Waals surface area contributed by atoms with E-state index in [2.05, 4.69) is 41.6 Å². The number of imidazole rings is 1. The van der Waals surface area contributed by atoms with Crippen LogP contribution in [0, 0.1) is 11.8 Å². The Bertz CT molecular complexity index is 2940. The zero-order valence-corrected chi connectivity index (χ0v) is 38.7. The van der Waals surface area contributed by atoms with E-state index in [9.17, 15) is 32.8 Å². The van der Waals surface area contributed by atoms with E-state index in [1.165, 1.54) is 9.13 Å². The molecular weight excluding hydrogens is 875 g/mol. The molecule has 1 N–H and O–H groups in total. The summed E-state index contributed by atoms with van der Waals surface area (Å²) in [6.45, 7) is 8.33. The van der Waals surface area contributed by atoms with Crippen LogP contribution in [0.25, 0.3) is 22.2 Å². The molecule has 68 heavy (non-hydrogen) atoms. The Morgan fingerprint density at radius 3 is 2.38 bits per heavy atom. The fourth-order valence-electron chi connectivity index (χ4n) is 10.8. The van der Waals surface area contributed by atoms with Gasteiger partial charge >= 0.3 is 5.69 Å². The van der Waals surface area contributed by atoms with Gasteiger partial charge in [-0.3, -0.25) is 52.8 Å². The number of amides is 4. The third-order valence-electron chi connectivity index (χ3n) is 14.5. The minimum absolute atomic E-state index is 0.0140. The number of carbonyl (C=O) groups excluding carboxylic acids is 4. The summed E-state index contributed by atoms with van der Waals surface area (Å²) >= 11 is 0. The predicted molar refractivity (Wildman–Crippen MR) is 249 cm³/mol. The summed E-state index contributed by atoms with van der Waals surface area (Å²) in [5.74, 6) is 6.52. The van der Waals surface area contributed by atoms with Gasteiger partial charge in [-0.25, -0.2) is 13.6 Å². The lowest BCUT2D eigenvalue weighted by Crippen LogP contribution is -2.51. The molecule has 0 bridgehead atoms. The highest BCUT2D eigenvalue weighted by molar-refractivity contribution is 6.00. The van der Waals surface area contributed by atoms with Crippen molar-refractivity contribution in [1.82, 2.24) is 53.6 Å². The maximum Gasteiger partial charge on any atom is 0.329 e. The Kier molecular flexibility index (Phi) is 12.2. The molecule has 8 heterocycles. The average Bonchev–Trinajstić information content (AvgIpc) is 4.01. The number of nitrogens with one attached hydrogen (secondary N) is 1. The molecule has 5 aliphatic heterocycles. The first-order valence-electron chi connectivity index (χ1n) is 23.6. The fraction of sp³-hybridized carbons (Fsp3) is 0.490. The number of alkyl halides is 2. The molecule has 10 rings (SSSR count). The van der Waals surface area contributed by atoms with E-state index >= 15 is 0 Å². The summed E-state index contributed by atoms with van der Waals surface area (Å²) in [6.07, 6.45) is 4.83. The van der Waals surface area contributed by atoms with Crippen LogP contribution in [0.4, 0.5) is 20.3 Å². The second-order valence-electron chi connectivity index (χ2n) is 18.8. The monoisotopic (exact) mass is 930 g/mol. The quantitative estimate of drug-likeness (QED) is 0.180. The minimum Gasteiger partial charge on any atom is -0.341 e. The fourth-order valence-corrected chi connectivity index (χ4v) is 10.8. The molecule has 0 radical (unpaired) electrons. The largest absolute Gasteiger partial charge is 0.341 e. The van der Waals surface area contributed by atoms with Gasteiger partial charge < -0.3 is 14.7 Å². The average molecular weight is 931 g/mol. The van der Waals surface area contributed by atoms with E-state index in [4.69, 9.17) is 5.10 Å². The molecule has 17 nitrogen and oxygen atoms in total. The predicted octanol–water partition coefficient (Wildman–Crippen LogP) is 3.67. The Morgan fingerprint density at radius 1 is 0.882 bits per heavy atom. The number of benzene rings is 2. The van der Waals surface area contributed by atoms with E-state index in [0.29, 0.717) is 74.4 Å². The van der Waals surface area contributed by atoms with Gasteiger partial charge in [0.1, 0.15) is 6.04 Å². The number of piperazine rings is 1. The Morgan fingerprint density at radius 2 is 1.66 bits per heavy atom. The first-order chi connectivity index (χ1) is 32.8. The van der Waals surface area contributed by atoms with Crippen molar-refractivity contribution in [2.75, 3.05) is 70.3 Å². The molecule has 0 spiro atoms. The minimum atomic E-state index is -2.69.